The molecule has 0 heterocycles. The molecule has 10 heavy (non-hydrogen) atoms. The molecule has 0 N–H and O–H groups in total. The van der Waals surface area contributed by atoms with Crippen LogP contribution in [0.4, 0.5) is 0 Å². The predicted molar refractivity (Wildman–Crippen MR) is 55.0 cm³/mol. The first-order valence-electron chi connectivity index (χ1n) is 4.00. The summed E-state index contributed by atoms with van der Waals surface area (Å²) in [6, 6.07) is 0. The van der Waals surface area contributed by atoms with E-state index in [0.717, 1.165) is 0 Å². The molecule has 0 spiro atoms. The molecule has 0 aromatic carbocycles. The average Bonchev–Trinajstić information content (AvgIpc) is 1.84. The lowest BCUT2D eigenvalue weighted by Crippen LogP contribution is -2.09. The molecule has 0 aliphatic rings. The molecule has 0 nitrogen and oxygen atoms in total. The molecule has 0 radical (unpaired) electrons. The molecule has 0 amide bonds. The highest BCUT2D eigenvalue weighted by Crippen LogP contribution is 2.36. The second-order valence-corrected chi connectivity index (χ2v) is 6.81. The maximum Gasteiger partial charge on any atom is 0.0805 e. The summed E-state index contributed by atoms with van der Waals surface area (Å²) < 4.78 is 0.227. The Morgan fingerprint density at radius 2 is 1.60 bits per heavy atom. The lowest BCUT2D eigenvalue weighted by atomic mass is 10.1. The largest absolute Gasteiger partial charge is 0.0805 e. The topological polar surface area (TPSA) is 0 Å². The van der Waals surface area contributed by atoms with Crippen molar-refractivity contribution >= 4 is 31.9 Å². The van der Waals surface area contributed by atoms with Crippen molar-refractivity contribution in [2.24, 2.45) is 0 Å². The highest BCUT2D eigenvalue weighted by Gasteiger charge is 2.19. The zero-order valence-electron chi connectivity index (χ0n) is 6.79. The third-order valence-corrected chi connectivity index (χ3v) is 3.10. The standard InChI is InChI=1S/C8H16Br2/c1-3-5-7-8(9,10)6-4-2/h3-7H2,1-2H3. The van der Waals surface area contributed by atoms with Crippen molar-refractivity contribution < 1.29 is 0 Å². The van der Waals surface area contributed by atoms with E-state index in [2.05, 4.69) is 45.7 Å². The van der Waals surface area contributed by atoms with Gasteiger partial charge in [-0.1, -0.05) is 65.0 Å². The maximum atomic E-state index is 3.66. The first-order valence-corrected chi connectivity index (χ1v) is 5.59. The van der Waals surface area contributed by atoms with Gasteiger partial charge >= 0.3 is 0 Å². The van der Waals surface area contributed by atoms with E-state index in [1.54, 1.807) is 0 Å². The van der Waals surface area contributed by atoms with E-state index in [4.69, 9.17) is 0 Å². The molecule has 0 aliphatic carbocycles. The number of alkyl halides is 2. The maximum absolute atomic E-state index is 3.66. The Morgan fingerprint density at radius 1 is 1.00 bits per heavy atom. The van der Waals surface area contributed by atoms with Crippen molar-refractivity contribution in [2.75, 3.05) is 0 Å². The summed E-state index contributed by atoms with van der Waals surface area (Å²) in [6.45, 7) is 4.44. The molecule has 0 aromatic heterocycles. The van der Waals surface area contributed by atoms with Gasteiger partial charge in [-0.3, -0.25) is 0 Å². The van der Waals surface area contributed by atoms with E-state index < -0.39 is 0 Å². The van der Waals surface area contributed by atoms with Crippen LogP contribution in [0.5, 0.6) is 0 Å². The van der Waals surface area contributed by atoms with Gasteiger partial charge in [0.1, 0.15) is 0 Å². The van der Waals surface area contributed by atoms with E-state index in [1.165, 1.54) is 32.1 Å². The summed E-state index contributed by atoms with van der Waals surface area (Å²) in [5, 5.41) is 0. The van der Waals surface area contributed by atoms with Crippen LogP contribution in [0.25, 0.3) is 0 Å². The normalized spacial score (nSPS) is 12.0. The number of rotatable bonds is 5. The van der Waals surface area contributed by atoms with Crippen LogP contribution in [0.3, 0.4) is 0 Å². The number of unbranched alkanes of at least 4 members (excludes halogenated alkanes) is 1. The molecule has 2 heteroatoms. The van der Waals surface area contributed by atoms with E-state index in [1.807, 2.05) is 0 Å². The van der Waals surface area contributed by atoms with Crippen molar-refractivity contribution in [3.8, 4) is 0 Å². The van der Waals surface area contributed by atoms with Gasteiger partial charge in [-0.15, -0.1) is 0 Å². The summed E-state index contributed by atoms with van der Waals surface area (Å²) in [5.74, 6) is 0. The third-order valence-electron chi connectivity index (χ3n) is 1.51. The Labute approximate surface area is 81.0 Å². The van der Waals surface area contributed by atoms with Crippen molar-refractivity contribution in [3.05, 3.63) is 0 Å². The second kappa shape index (κ2) is 5.59. The van der Waals surface area contributed by atoms with Crippen molar-refractivity contribution in [1.29, 1.82) is 0 Å². The molecular weight excluding hydrogens is 256 g/mol. The molecule has 0 bridgehead atoms. The van der Waals surface area contributed by atoms with Crippen molar-refractivity contribution in [2.45, 2.75) is 49.2 Å². The van der Waals surface area contributed by atoms with Gasteiger partial charge in [-0.25, -0.2) is 0 Å². The van der Waals surface area contributed by atoms with Crippen LogP contribution < -0.4 is 0 Å². The minimum absolute atomic E-state index is 0.227. The van der Waals surface area contributed by atoms with Crippen LogP contribution in [0.1, 0.15) is 46.0 Å². The van der Waals surface area contributed by atoms with Gasteiger partial charge in [0.2, 0.25) is 0 Å². The van der Waals surface area contributed by atoms with Crippen molar-refractivity contribution in [3.63, 3.8) is 0 Å². The van der Waals surface area contributed by atoms with Crippen molar-refractivity contribution in [1.82, 2.24) is 0 Å². The predicted octanol–water partition coefficient (Wildman–Crippen LogP) is 4.46. The molecular formula is C8H16Br2. The number of hydrogen-bond acceptors (Lipinski definition) is 0. The minimum atomic E-state index is 0.227. The summed E-state index contributed by atoms with van der Waals surface area (Å²) >= 11 is 7.32. The first kappa shape index (κ1) is 11.0. The molecule has 0 rings (SSSR count). The van der Waals surface area contributed by atoms with Gasteiger partial charge in [-0.2, -0.15) is 0 Å². The summed E-state index contributed by atoms with van der Waals surface area (Å²) in [4.78, 5) is 0. The van der Waals surface area contributed by atoms with Crippen LogP contribution in [-0.2, 0) is 0 Å². The Bertz CT molecular complexity index is 79.3. The smallest absolute Gasteiger partial charge is 0.0727 e. The summed E-state index contributed by atoms with van der Waals surface area (Å²) in [6.07, 6.45) is 6.27. The summed E-state index contributed by atoms with van der Waals surface area (Å²) in [5.41, 5.74) is 0. The fourth-order valence-corrected chi connectivity index (χ4v) is 2.28. The number of halogens is 2. The molecule has 62 valence electrons. The Kier molecular flexibility index (Phi) is 6.13. The highest BCUT2D eigenvalue weighted by atomic mass is 79.9. The molecule has 0 saturated carbocycles. The third kappa shape index (κ3) is 5.72. The van der Waals surface area contributed by atoms with Crippen LogP contribution in [0.2, 0.25) is 0 Å². The molecule has 0 aromatic rings. The van der Waals surface area contributed by atoms with Gasteiger partial charge in [0.15, 0.2) is 0 Å². The molecule has 0 saturated heterocycles. The van der Waals surface area contributed by atoms with E-state index in [-0.39, 0.29) is 3.23 Å². The van der Waals surface area contributed by atoms with Gasteiger partial charge < -0.3 is 0 Å². The summed E-state index contributed by atoms with van der Waals surface area (Å²) in [7, 11) is 0. The molecule has 0 unspecified atom stereocenters. The molecule has 0 fully saturated rings. The zero-order chi connectivity index (χ0) is 8.04. The van der Waals surface area contributed by atoms with Gasteiger partial charge in [0.05, 0.1) is 3.23 Å². The van der Waals surface area contributed by atoms with Gasteiger partial charge in [0, 0.05) is 0 Å². The lowest BCUT2D eigenvalue weighted by Gasteiger charge is -2.18. The van der Waals surface area contributed by atoms with Gasteiger partial charge in [0.25, 0.3) is 0 Å². The average molecular weight is 272 g/mol. The minimum Gasteiger partial charge on any atom is -0.0727 e. The first-order chi connectivity index (χ1) is 4.62. The monoisotopic (exact) mass is 270 g/mol. The fourth-order valence-electron chi connectivity index (χ4n) is 0.926. The molecule has 0 aliphatic heterocycles. The highest BCUT2D eigenvalue weighted by molar-refractivity contribution is 9.25. The van der Waals surface area contributed by atoms with E-state index >= 15 is 0 Å². The van der Waals surface area contributed by atoms with Crippen LogP contribution in [0, 0.1) is 0 Å². The fraction of sp³-hybridized carbons (Fsp3) is 1.00. The van der Waals surface area contributed by atoms with Crippen LogP contribution >= 0.6 is 31.9 Å². The lowest BCUT2D eigenvalue weighted by molar-refractivity contribution is 0.622. The van der Waals surface area contributed by atoms with Gasteiger partial charge in [-0.05, 0) is 12.8 Å². The molecule has 0 atom stereocenters. The Hall–Kier alpha value is 0.960. The second-order valence-electron chi connectivity index (χ2n) is 2.71. The van der Waals surface area contributed by atoms with E-state index in [0.29, 0.717) is 0 Å². The Balaban J connectivity index is 3.42. The van der Waals surface area contributed by atoms with E-state index in [9.17, 15) is 0 Å². The Morgan fingerprint density at radius 3 is 2.00 bits per heavy atom. The SMILES string of the molecule is CCCCC(Br)(Br)CCC. The van der Waals surface area contributed by atoms with Crippen LogP contribution in [-0.4, -0.2) is 3.23 Å². The zero-order valence-corrected chi connectivity index (χ0v) is 9.96. The number of hydrogen-bond donors (Lipinski definition) is 0. The van der Waals surface area contributed by atoms with Crippen LogP contribution in [0.15, 0.2) is 0 Å². The quantitative estimate of drug-likeness (QED) is 0.648.